The first kappa shape index (κ1) is 11.4. The van der Waals surface area contributed by atoms with Crippen molar-refractivity contribution < 1.29 is 9.47 Å². The van der Waals surface area contributed by atoms with Gasteiger partial charge in [-0.3, -0.25) is 0 Å². The zero-order valence-corrected chi connectivity index (χ0v) is 10.1. The van der Waals surface area contributed by atoms with E-state index in [4.69, 9.17) is 15.2 Å². The monoisotopic (exact) mass is 221 g/mol. The zero-order chi connectivity index (χ0) is 11.8. The van der Waals surface area contributed by atoms with E-state index in [0.29, 0.717) is 6.54 Å². The van der Waals surface area contributed by atoms with Crippen molar-refractivity contribution in [2.24, 2.45) is 5.73 Å². The van der Waals surface area contributed by atoms with Gasteiger partial charge in [0.15, 0.2) is 0 Å². The van der Waals surface area contributed by atoms with Crippen molar-refractivity contribution in [2.75, 3.05) is 13.7 Å². The predicted octanol–water partition coefficient (Wildman–Crippen LogP) is 2.05. The molecule has 1 aliphatic rings. The van der Waals surface area contributed by atoms with Crippen LogP contribution in [0.2, 0.25) is 0 Å². The van der Waals surface area contributed by atoms with Gasteiger partial charge in [0, 0.05) is 25.6 Å². The minimum Gasteiger partial charge on any atom is -0.487 e. The van der Waals surface area contributed by atoms with E-state index >= 15 is 0 Å². The highest BCUT2D eigenvalue weighted by molar-refractivity contribution is 5.47. The summed E-state index contributed by atoms with van der Waals surface area (Å²) in [4.78, 5) is 0. The van der Waals surface area contributed by atoms with Crippen molar-refractivity contribution >= 4 is 0 Å². The van der Waals surface area contributed by atoms with E-state index in [0.717, 1.165) is 17.7 Å². The molecular formula is C13H19NO2. The van der Waals surface area contributed by atoms with Crippen LogP contribution in [0.3, 0.4) is 0 Å². The fraction of sp³-hybridized carbons (Fsp3) is 0.538. The van der Waals surface area contributed by atoms with Crippen molar-refractivity contribution in [3.8, 4) is 5.75 Å². The second kappa shape index (κ2) is 4.07. The lowest BCUT2D eigenvalue weighted by molar-refractivity contribution is 0.0976. The summed E-state index contributed by atoms with van der Waals surface area (Å²) in [6.45, 7) is 4.67. The molecule has 0 saturated heterocycles. The van der Waals surface area contributed by atoms with E-state index in [1.54, 1.807) is 7.11 Å². The number of ether oxygens (including phenoxy) is 2. The molecule has 0 radical (unpaired) electrons. The molecule has 1 aromatic rings. The molecule has 1 heterocycles. The molecule has 88 valence electrons. The normalized spacial score (nSPS) is 19.0. The van der Waals surface area contributed by atoms with Gasteiger partial charge in [-0.25, -0.2) is 0 Å². The lowest BCUT2D eigenvalue weighted by Gasteiger charge is -2.20. The van der Waals surface area contributed by atoms with Gasteiger partial charge < -0.3 is 15.2 Å². The van der Waals surface area contributed by atoms with E-state index in [1.165, 1.54) is 5.56 Å². The van der Waals surface area contributed by atoms with Crippen molar-refractivity contribution in [1.29, 1.82) is 0 Å². The molecule has 1 aromatic carbocycles. The Morgan fingerprint density at radius 3 is 2.88 bits per heavy atom. The number of benzene rings is 1. The van der Waals surface area contributed by atoms with Crippen LogP contribution >= 0.6 is 0 Å². The average molecular weight is 221 g/mol. The lowest BCUT2D eigenvalue weighted by Crippen LogP contribution is -2.25. The Morgan fingerprint density at radius 2 is 2.25 bits per heavy atom. The third-order valence-corrected chi connectivity index (χ3v) is 2.97. The molecule has 2 rings (SSSR count). The largest absolute Gasteiger partial charge is 0.487 e. The van der Waals surface area contributed by atoms with Gasteiger partial charge in [-0.1, -0.05) is 18.2 Å². The molecule has 2 N–H and O–H groups in total. The zero-order valence-electron chi connectivity index (χ0n) is 10.1. The minimum atomic E-state index is -0.120. The van der Waals surface area contributed by atoms with Gasteiger partial charge in [-0.15, -0.1) is 0 Å². The van der Waals surface area contributed by atoms with Crippen LogP contribution in [0.5, 0.6) is 5.75 Å². The van der Waals surface area contributed by atoms with Crippen molar-refractivity contribution in [2.45, 2.75) is 32.0 Å². The minimum absolute atomic E-state index is 0.0798. The molecule has 1 atom stereocenters. The Labute approximate surface area is 96.5 Å². The van der Waals surface area contributed by atoms with Crippen molar-refractivity contribution in [1.82, 2.24) is 0 Å². The lowest BCUT2D eigenvalue weighted by atomic mass is 9.99. The molecule has 0 amide bonds. The maximum atomic E-state index is 5.97. The molecule has 0 bridgehead atoms. The fourth-order valence-corrected chi connectivity index (χ4v) is 2.24. The first-order valence-corrected chi connectivity index (χ1v) is 5.61. The Bertz CT molecular complexity index is 384. The van der Waals surface area contributed by atoms with Gasteiger partial charge >= 0.3 is 0 Å². The quantitative estimate of drug-likeness (QED) is 0.849. The Hall–Kier alpha value is -1.06. The summed E-state index contributed by atoms with van der Waals surface area (Å²) < 4.78 is 11.3. The van der Waals surface area contributed by atoms with Crippen LogP contribution < -0.4 is 10.5 Å². The van der Waals surface area contributed by atoms with Crippen LogP contribution in [0.4, 0.5) is 0 Å². The fourth-order valence-electron chi connectivity index (χ4n) is 2.24. The van der Waals surface area contributed by atoms with Gasteiger partial charge in [0.25, 0.3) is 0 Å². The molecule has 1 unspecified atom stereocenters. The number of fused-ring (bicyclic) bond motifs is 1. The number of nitrogens with two attached hydrogens (primary N) is 1. The molecule has 1 aliphatic heterocycles. The second-order valence-electron chi connectivity index (χ2n) is 4.83. The highest BCUT2D eigenvalue weighted by atomic mass is 16.5. The SMILES string of the molecule is COC(CN)c1cccc2c1OC(C)(C)C2. The van der Waals surface area contributed by atoms with E-state index in [1.807, 2.05) is 12.1 Å². The maximum Gasteiger partial charge on any atom is 0.129 e. The van der Waals surface area contributed by atoms with E-state index < -0.39 is 0 Å². The van der Waals surface area contributed by atoms with Crippen LogP contribution in [-0.2, 0) is 11.2 Å². The summed E-state index contributed by atoms with van der Waals surface area (Å²) in [6, 6.07) is 6.18. The van der Waals surface area contributed by atoms with Crippen molar-refractivity contribution in [3.05, 3.63) is 29.3 Å². The van der Waals surface area contributed by atoms with E-state index in [-0.39, 0.29) is 11.7 Å². The third kappa shape index (κ3) is 1.93. The summed E-state index contributed by atoms with van der Waals surface area (Å²) >= 11 is 0. The molecule has 0 fully saturated rings. The van der Waals surface area contributed by atoms with Gasteiger partial charge in [0.05, 0.1) is 6.10 Å². The van der Waals surface area contributed by atoms with Gasteiger partial charge in [-0.2, -0.15) is 0 Å². The average Bonchev–Trinajstić information content (AvgIpc) is 2.54. The number of rotatable bonds is 3. The summed E-state index contributed by atoms with van der Waals surface area (Å²) in [6.07, 6.45) is 0.862. The maximum absolute atomic E-state index is 5.97. The summed E-state index contributed by atoms with van der Waals surface area (Å²) in [5, 5.41) is 0. The molecule has 16 heavy (non-hydrogen) atoms. The Morgan fingerprint density at radius 1 is 1.50 bits per heavy atom. The molecule has 3 nitrogen and oxygen atoms in total. The summed E-state index contributed by atoms with van der Waals surface area (Å²) in [7, 11) is 1.68. The summed E-state index contributed by atoms with van der Waals surface area (Å²) in [5.41, 5.74) is 7.89. The molecule has 0 aromatic heterocycles. The highest BCUT2D eigenvalue weighted by Gasteiger charge is 2.32. The first-order valence-electron chi connectivity index (χ1n) is 5.61. The highest BCUT2D eigenvalue weighted by Crippen LogP contribution is 2.40. The number of para-hydroxylation sites is 1. The molecule has 0 aliphatic carbocycles. The van der Waals surface area contributed by atoms with Crippen LogP contribution in [0.1, 0.15) is 31.1 Å². The van der Waals surface area contributed by atoms with Gasteiger partial charge in [0.2, 0.25) is 0 Å². The first-order chi connectivity index (χ1) is 7.57. The Balaban J connectivity index is 2.40. The number of hydrogen-bond donors (Lipinski definition) is 1. The molecule has 0 spiro atoms. The van der Waals surface area contributed by atoms with Crippen LogP contribution in [0.25, 0.3) is 0 Å². The predicted molar refractivity (Wildman–Crippen MR) is 63.7 cm³/mol. The Kier molecular flexibility index (Phi) is 2.91. The number of methoxy groups -OCH3 is 1. The van der Waals surface area contributed by atoms with Gasteiger partial charge in [-0.05, 0) is 19.4 Å². The summed E-state index contributed by atoms with van der Waals surface area (Å²) in [5.74, 6) is 0.963. The van der Waals surface area contributed by atoms with Crippen molar-refractivity contribution in [3.63, 3.8) is 0 Å². The van der Waals surface area contributed by atoms with Crippen LogP contribution in [0, 0.1) is 0 Å². The smallest absolute Gasteiger partial charge is 0.129 e. The van der Waals surface area contributed by atoms with E-state index in [2.05, 4.69) is 19.9 Å². The number of hydrogen-bond acceptors (Lipinski definition) is 3. The second-order valence-corrected chi connectivity index (χ2v) is 4.83. The standard InChI is InChI=1S/C13H19NO2/c1-13(2)7-9-5-4-6-10(12(9)16-13)11(8-14)15-3/h4-6,11H,7-8,14H2,1-3H3. The van der Waals surface area contributed by atoms with E-state index in [9.17, 15) is 0 Å². The molecule has 0 saturated carbocycles. The van der Waals surface area contributed by atoms with Crippen LogP contribution in [0.15, 0.2) is 18.2 Å². The van der Waals surface area contributed by atoms with Crippen LogP contribution in [-0.4, -0.2) is 19.3 Å². The topological polar surface area (TPSA) is 44.5 Å². The molecular weight excluding hydrogens is 202 g/mol. The van der Waals surface area contributed by atoms with Gasteiger partial charge in [0.1, 0.15) is 11.4 Å². The molecule has 3 heteroatoms. The third-order valence-electron chi connectivity index (χ3n) is 2.97.